The van der Waals surface area contributed by atoms with Gasteiger partial charge < -0.3 is 11.1 Å². The fourth-order valence-electron chi connectivity index (χ4n) is 1.71. The molecule has 0 bridgehead atoms. The molecular formula is C12H15ClN4. The molecule has 5 heteroatoms. The van der Waals surface area contributed by atoms with Crippen molar-refractivity contribution < 1.29 is 0 Å². The molecule has 0 aliphatic carbocycles. The monoisotopic (exact) mass is 250 g/mol. The Hall–Kier alpha value is -1.68. The number of rotatable bonds is 3. The van der Waals surface area contributed by atoms with Crippen molar-refractivity contribution in [2.45, 2.75) is 13.3 Å². The molecule has 3 N–H and O–H groups in total. The summed E-state index contributed by atoms with van der Waals surface area (Å²) < 4.78 is 1.77. The van der Waals surface area contributed by atoms with E-state index in [-0.39, 0.29) is 0 Å². The zero-order valence-electron chi connectivity index (χ0n) is 9.87. The van der Waals surface area contributed by atoms with Gasteiger partial charge in [0.25, 0.3) is 0 Å². The van der Waals surface area contributed by atoms with Crippen molar-refractivity contribution in [3.05, 3.63) is 35.1 Å². The normalized spacial score (nSPS) is 10.5. The first kappa shape index (κ1) is 11.8. The third-order valence-electron chi connectivity index (χ3n) is 2.55. The summed E-state index contributed by atoms with van der Waals surface area (Å²) in [5.74, 6) is 0. The predicted molar refractivity (Wildman–Crippen MR) is 71.7 cm³/mol. The zero-order chi connectivity index (χ0) is 12.4. The molecule has 90 valence electrons. The number of hydrogen-bond donors (Lipinski definition) is 2. The van der Waals surface area contributed by atoms with Gasteiger partial charge in [0.15, 0.2) is 0 Å². The fraction of sp³-hybridized carbons (Fsp3) is 0.250. The van der Waals surface area contributed by atoms with E-state index in [9.17, 15) is 0 Å². The Morgan fingerprint density at radius 2 is 2.24 bits per heavy atom. The van der Waals surface area contributed by atoms with Crippen LogP contribution in [0.3, 0.4) is 0 Å². The molecule has 1 aromatic carbocycles. The summed E-state index contributed by atoms with van der Waals surface area (Å²) in [6.45, 7) is 2.06. The Balaban J connectivity index is 2.37. The summed E-state index contributed by atoms with van der Waals surface area (Å²) in [6, 6.07) is 5.45. The van der Waals surface area contributed by atoms with Crippen molar-refractivity contribution in [2.24, 2.45) is 7.05 Å². The van der Waals surface area contributed by atoms with E-state index in [0.717, 1.165) is 23.5 Å². The lowest BCUT2D eigenvalue weighted by Crippen LogP contribution is -1.98. The SMILES string of the molecule is CCc1nn(C)cc1Nc1c(N)cccc1Cl. The summed E-state index contributed by atoms with van der Waals surface area (Å²) in [7, 11) is 1.89. The third-order valence-corrected chi connectivity index (χ3v) is 2.86. The van der Waals surface area contributed by atoms with Gasteiger partial charge in [-0.05, 0) is 18.6 Å². The maximum Gasteiger partial charge on any atom is 0.0856 e. The van der Waals surface area contributed by atoms with Gasteiger partial charge in [0.1, 0.15) is 0 Å². The number of benzene rings is 1. The molecule has 0 amide bonds. The van der Waals surface area contributed by atoms with E-state index in [4.69, 9.17) is 17.3 Å². The maximum atomic E-state index is 6.11. The maximum absolute atomic E-state index is 6.11. The van der Waals surface area contributed by atoms with Gasteiger partial charge in [0.05, 0.1) is 27.8 Å². The third kappa shape index (κ3) is 2.36. The van der Waals surface area contributed by atoms with Crippen LogP contribution in [0, 0.1) is 0 Å². The molecule has 17 heavy (non-hydrogen) atoms. The van der Waals surface area contributed by atoms with E-state index in [1.54, 1.807) is 4.68 Å². The highest BCUT2D eigenvalue weighted by Crippen LogP contribution is 2.31. The van der Waals surface area contributed by atoms with Gasteiger partial charge in [-0.15, -0.1) is 0 Å². The van der Waals surface area contributed by atoms with Crippen LogP contribution in [0.5, 0.6) is 0 Å². The van der Waals surface area contributed by atoms with Crippen molar-refractivity contribution in [3.8, 4) is 0 Å². The van der Waals surface area contributed by atoms with E-state index < -0.39 is 0 Å². The molecule has 2 aromatic rings. The smallest absolute Gasteiger partial charge is 0.0856 e. The van der Waals surface area contributed by atoms with Crippen molar-refractivity contribution in [2.75, 3.05) is 11.1 Å². The second kappa shape index (κ2) is 4.67. The van der Waals surface area contributed by atoms with E-state index in [1.807, 2.05) is 31.4 Å². The molecule has 0 aliphatic heterocycles. The first-order chi connectivity index (χ1) is 8.11. The summed E-state index contributed by atoms with van der Waals surface area (Å²) in [4.78, 5) is 0. The number of nitrogen functional groups attached to an aromatic ring is 1. The molecule has 0 saturated heterocycles. The van der Waals surface area contributed by atoms with Crippen LogP contribution in [0.1, 0.15) is 12.6 Å². The van der Waals surface area contributed by atoms with Gasteiger partial charge in [-0.25, -0.2) is 0 Å². The van der Waals surface area contributed by atoms with Crippen LogP contribution < -0.4 is 11.1 Å². The lowest BCUT2D eigenvalue weighted by molar-refractivity contribution is 0.746. The molecule has 0 atom stereocenters. The zero-order valence-corrected chi connectivity index (χ0v) is 10.6. The Labute approximate surface area is 105 Å². The largest absolute Gasteiger partial charge is 0.397 e. The van der Waals surface area contributed by atoms with Crippen molar-refractivity contribution in [1.29, 1.82) is 0 Å². The minimum absolute atomic E-state index is 0.607. The highest BCUT2D eigenvalue weighted by Gasteiger charge is 2.09. The lowest BCUT2D eigenvalue weighted by Gasteiger charge is -2.10. The number of halogens is 1. The molecular weight excluding hydrogens is 236 g/mol. The van der Waals surface area contributed by atoms with Crippen LogP contribution in [0.25, 0.3) is 0 Å². The average Bonchev–Trinajstić information content (AvgIpc) is 2.64. The van der Waals surface area contributed by atoms with E-state index in [1.165, 1.54) is 0 Å². The molecule has 2 rings (SSSR count). The Kier molecular flexibility index (Phi) is 3.24. The van der Waals surface area contributed by atoms with Crippen molar-refractivity contribution >= 4 is 28.7 Å². The number of hydrogen-bond acceptors (Lipinski definition) is 3. The highest BCUT2D eigenvalue weighted by atomic mass is 35.5. The quantitative estimate of drug-likeness (QED) is 0.824. The molecule has 0 spiro atoms. The second-order valence-electron chi connectivity index (χ2n) is 3.85. The molecule has 1 heterocycles. The molecule has 0 saturated carbocycles. The molecule has 0 unspecified atom stereocenters. The van der Waals surface area contributed by atoms with Gasteiger partial charge >= 0.3 is 0 Å². The minimum atomic E-state index is 0.607. The average molecular weight is 251 g/mol. The number of anilines is 3. The fourth-order valence-corrected chi connectivity index (χ4v) is 1.94. The van der Waals surface area contributed by atoms with Crippen molar-refractivity contribution in [3.63, 3.8) is 0 Å². The van der Waals surface area contributed by atoms with E-state index in [0.29, 0.717) is 10.7 Å². The van der Waals surface area contributed by atoms with E-state index >= 15 is 0 Å². The van der Waals surface area contributed by atoms with Crippen LogP contribution in [0.4, 0.5) is 17.1 Å². The van der Waals surface area contributed by atoms with Gasteiger partial charge in [0.2, 0.25) is 0 Å². The van der Waals surface area contributed by atoms with Crippen LogP contribution in [0.2, 0.25) is 5.02 Å². The molecule has 0 fully saturated rings. The van der Waals surface area contributed by atoms with Crippen LogP contribution >= 0.6 is 11.6 Å². The first-order valence-electron chi connectivity index (χ1n) is 5.45. The Morgan fingerprint density at radius 3 is 2.88 bits per heavy atom. The summed E-state index contributed by atoms with van der Waals surface area (Å²) in [5, 5.41) is 8.20. The molecule has 4 nitrogen and oxygen atoms in total. The molecule has 0 radical (unpaired) electrons. The van der Waals surface area contributed by atoms with Crippen LogP contribution in [-0.4, -0.2) is 9.78 Å². The number of aromatic nitrogens is 2. The topological polar surface area (TPSA) is 55.9 Å². The highest BCUT2D eigenvalue weighted by molar-refractivity contribution is 6.34. The van der Waals surface area contributed by atoms with Gasteiger partial charge in [0, 0.05) is 13.2 Å². The Bertz CT molecular complexity index is 513. The number of para-hydroxylation sites is 1. The number of nitrogens with zero attached hydrogens (tertiary/aromatic N) is 2. The number of nitrogens with two attached hydrogens (primary N) is 1. The van der Waals surface area contributed by atoms with Gasteiger partial charge in [-0.1, -0.05) is 24.6 Å². The van der Waals surface area contributed by atoms with Crippen molar-refractivity contribution in [1.82, 2.24) is 9.78 Å². The first-order valence-corrected chi connectivity index (χ1v) is 5.83. The lowest BCUT2D eigenvalue weighted by atomic mass is 10.2. The van der Waals surface area contributed by atoms with E-state index in [2.05, 4.69) is 17.3 Å². The summed E-state index contributed by atoms with van der Waals surface area (Å²) >= 11 is 6.11. The number of aryl methyl sites for hydroxylation is 2. The summed E-state index contributed by atoms with van der Waals surface area (Å²) in [6.07, 6.45) is 2.77. The van der Waals surface area contributed by atoms with Crippen LogP contribution in [-0.2, 0) is 13.5 Å². The molecule has 0 aliphatic rings. The summed E-state index contributed by atoms with van der Waals surface area (Å²) in [5.41, 5.74) is 9.19. The van der Waals surface area contributed by atoms with Gasteiger partial charge in [-0.2, -0.15) is 5.10 Å². The predicted octanol–water partition coefficient (Wildman–Crippen LogP) is 2.96. The standard InChI is InChI=1S/C12H15ClN4/c1-3-10-11(7-17(2)16-10)15-12-8(13)5-4-6-9(12)14/h4-7,15H,3,14H2,1-2H3. The molecule has 1 aromatic heterocycles. The second-order valence-corrected chi connectivity index (χ2v) is 4.25. The van der Waals surface area contributed by atoms with Crippen LogP contribution in [0.15, 0.2) is 24.4 Å². The van der Waals surface area contributed by atoms with Gasteiger partial charge in [-0.3, -0.25) is 4.68 Å². The Morgan fingerprint density at radius 1 is 1.47 bits per heavy atom. The number of nitrogens with one attached hydrogen (secondary N) is 1. The minimum Gasteiger partial charge on any atom is -0.397 e.